The van der Waals surface area contributed by atoms with E-state index < -0.39 is 10.7 Å². The van der Waals surface area contributed by atoms with Crippen molar-refractivity contribution in [3.63, 3.8) is 0 Å². The van der Waals surface area contributed by atoms with Crippen molar-refractivity contribution >= 4 is 5.69 Å². The summed E-state index contributed by atoms with van der Waals surface area (Å²) in [5.74, 6) is -0.357. The summed E-state index contributed by atoms with van der Waals surface area (Å²) < 4.78 is 19.2. The Labute approximate surface area is 121 Å². The molecule has 110 valence electrons. The molecule has 0 aliphatic rings. The number of ether oxygens (including phenoxy) is 1. The monoisotopic (exact) mass is 290 g/mol. The lowest BCUT2D eigenvalue weighted by Gasteiger charge is -2.10. The fourth-order valence-electron chi connectivity index (χ4n) is 1.79. The number of non-ortho nitro benzene ring substituents is 1. The van der Waals surface area contributed by atoms with Gasteiger partial charge in [0.1, 0.15) is 6.61 Å². The first kappa shape index (κ1) is 14.9. The zero-order chi connectivity index (χ0) is 15.4. The van der Waals surface area contributed by atoms with Gasteiger partial charge in [0.05, 0.1) is 4.92 Å². The van der Waals surface area contributed by atoms with Gasteiger partial charge in [-0.25, -0.2) is 4.39 Å². The van der Waals surface area contributed by atoms with E-state index in [0.29, 0.717) is 5.56 Å². The minimum Gasteiger partial charge on any atom is -0.486 e. The van der Waals surface area contributed by atoms with Gasteiger partial charge in [0.15, 0.2) is 11.6 Å². The highest BCUT2D eigenvalue weighted by molar-refractivity contribution is 5.34. The number of rotatable bonds is 5. The quantitative estimate of drug-likeness (QED) is 0.676. The molecular formula is C15H15FN2O3. The van der Waals surface area contributed by atoms with E-state index in [0.717, 1.165) is 5.56 Å². The van der Waals surface area contributed by atoms with Crippen LogP contribution in [0.25, 0.3) is 0 Å². The van der Waals surface area contributed by atoms with Crippen LogP contribution in [0, 0.1) is 15.9 Å². The van der Waals surface area contributed by atoms with Gasteiger partial charge in [0, 0.05) is 18.2 Å². The Balaban J connectivity index is 2.04. The third kappa shape index (κ3) is 3.76. The van der Waals surface area contributed by atoms with Crippen LogP contribution in [-0.4, -0.2) is 4.92 Å². The first-order chi connectivity index (χ1) is 9.97. The molecule has 2 aromatic rings. The van der Waals surface area contributed by atoms with Gasteiger partial charge in [0.2, 0.25) is 0 Å². The standard InChI is InChI=1S/C15H15FN2O3/c1-10(17)12-4-7-15(14(16)8-12)21-9-11-2-5-13(6-3-11)18(19)20/h2-8,10H,9,17H2,1H3/t10-/m0/s1. The molecule has 0 saturated heterocycles. The van der Waals surface area contributed by atoms with E-state index in [1.54, 1.807) is 25.1 Å². The number of benzene rings is 2. The Bertz CT molecular complexity index is 642. The summed E-state index contributed by atoms with van der Waals surface area (Å²) in [6.07, 6.45) is 0. The predicted octanol–water partition coefficient (Wildman–Crippen LogP) is 3.33. The average molecular weight is 290 g/mol. The van der Waals surface area contributed by atoms with Crippen LogP contribution >= 0.6 is 0 Å². The maximum atomic E-state index is 13.8. The van der Waals surface area contributed by atoms with Crippen molar-refractivity contribution in [3.8, 4) is 5.75 Å². The largest absolute Gasteiger partial charge is 0.486 e. The first-order valence-electron chi connectivity index (χ1n) is 6.38. The van der Waals surface area contributed by atoms with Crippen molar-refractivity contribution in [2.45, 2.75) is 19.6 Å². The number of hydrogen-bond acceptors (Lipinski definition) is 4. The second kappa shape index (κ2) is 6.32. The van der Waals surface area contributed by atoms with Crippen LogP contribution in [-0.2, 0) is 6.61 Å². The van der Waals surface area contributed by atoms with Crippen molar-refractivity contribution < 1.29 is 14.1 Å². The molecule has 0 bridgehead atoms. The minimum absolute atomic E-state index is 0.00576. The molecule has 0 saturated carbocycles. The molecule has 0 heterocycles. The van der Waals surface area contributed by atoms with Crippen molar-refractivity contribution in [1.82, 2.24) is 0 Å². The lowest BCUT2D eigenvalue weighted by atomic mass is 10.1. The van der Waals surface area contributed by atoms with Crippen LogP contribution in [0.1, 0.15) is 24.1 Å². The van der Waals surface area contributed by atoms with Gasteiger partial charge >= 0.3 is 0 Å². The zero-order valence-electron chi connectivity index (χ0n) is 11.5. The summed E-state index contributed by atoms with van der Waals surface area (Å²) in [7, 11) is 0. The molecule has 0 unspecified atom stereocenters. The molecule has 0 fully saturated rings. The van der Waals surface area contributed by atoms with Crippen LogP contribution in [0.5, 0.6) is 5.75 Å². The topological polar surface area (TPSA) is 78.4 Å². The second-order valence-electron chi connectivity index (χ2n) is 4.69. The molecule has 1 atom stereocenters. The molecule has 0 spiro atoms. The number of nitro benzene ring substituents is 1. The molecule has 0 radical (unpaired) electrons. The van der Waals surface area contributed by atoms with Gasteiger partial charge in [-0.05, 0) is 42.3 Å². The summed E-state index contributed by atoms with van der Waals surface area (Å²) >= 11 is 0. The Kier molecular flexibility index (Phi) is 4.49. The van der Waals surface area contributed by atoms with Crippen LogP contribution < -0.4 is 10.5 Å². The molecule has 2 aromatic carbocycles. The third-order valence-electron chi connectivity index (χ3n) is 3.02. The molecule has 5 nitrogen and oxygen atoms in total. The summed E-state index contributed by atoms with van der Waals surface area (Å²) in [5, 5.41) is 10.5. The summed E-state index contributed by atoms with van der Waals surface area (Å²) in [5.41, 5.74) is 7.09. The Hall–Kier alpha value is -2.47. The van der Waals surface area contributed by atoms with Gasteiger partial charge in [-0.3, -0.25) is 10.1 Å². The maximum absolute atomic E-state index is 13.8. The second-order valence-corrected chi connectivity index (χ2v) is 4.69. The van der Waals surface area contributed by atoms with Crippen LogP contribution in [0.4, 0.5) is 10.1 Å². The van der Waals surface area contributed by atoms with Crippen molar-refractivity contribution in [2.75, 3.05) is 0 Å². The van der Waals surface area contributed by atoms with E-state index in [1.165, 1.54) is 24.3 Å². The maximum Gasteiger partial charge on any atom is 0.269 e. The fraction of sp³-hybridized carbons (Fsp3) is 0.200. The number of halogens is 1. The highest BCUT2D eigenvalue weighted by Crippen LogP contribution is 2.22. The number of nitrogens with zero attached hydrogens (tertiary/aromatic N) is 1. The molecule has 0 aromatic heterocycles. The van der Waals surface area contributed by atoms with Crippen LogP contribution in [0.15, 0.2) is 42.5 Å². The molecule has 2 rings (SSSR count). The summed E-state index contributed by atoms with van der Waals surface area (Å²) in [6.45, 7) is 1.90. The van der Waals surface area contributed by atoms with Gasteiger partial charge in [-0.2, -0.15) is 0 Å². The summed E-state index contributed by atoms with van der Waals surface area (Å²) in [6, 6.07) is 10.2. The van der Waals surface area contributed by atoms with E-state index >= 15 is 0 Å². The van der Waals surface area contributed by atoms with Crippen LogP contribution in [0.3, 0.4) is 0 Å². The highest BCUT2D eigenvalue weighted by Gasteiger charge is 2.08. The average Bonchev–Trinajstić information content (AvgIpc) is 2.46. The number of hydrogen-bond donors (Lipinski definition) is 1. The van der Waals surface area contributed by atoms with Gasteiger partial charge < -0.3 is 10.5 Å². The predicted molar refractivity (Wildman–Crippen MR) is 76.4 cm³/mol. The fourth-order valence-corrected chi connectivity index (χ4v) is 1.79. The smallest absolute Gasteiger partial charge is 0.269 e. The van der Waals surface area contributed by atoms with Gasteiger partial charge in [0.25, 0.3) is 5.69 Å². The number of nitro groups is 1. The molecule has 0 aliphatic heterocycles. The van der Waals surface area contributed by atoms with E-state index in [4.69, 9.17) is 10.5 Å². The molecule has 21 heavy (non-hydrogen) atoms. The van der Waals surface area contributed by atoms with E-state index in [1.807, 2.05) is 0 Å². The molecule has 2 N–H and O–H groups in total. The van der Waals surface area contributed by atoms with E-state index in [2.05, 4.69) is 0 Å². The minimum atomic E-state index is -0.480. The van der Waals surface area contributed by atoms with Gasteiger partial charge in [-0.1, -0.05) is 6.07 Å². The molecule has 6 heteroatoms. The van der Waals surface area contributed by atoms with Crippen molar-refractivity contribution in [3.05, 3.63) is 69.5 Å². The van der Waals surface area contributed by atoms with Gasteiger partial charge in [-0.15, -0.1) is 0 Å². The normalized spacial score (nSPS) is 12.0. The first-order valence-corrected chi connectivity index (χ1v) is 6.38. The summed E-state index contributed by atoms with van der Waals surface area (Å²) in [4.78, 5) is 10.1. The Morgan fingerprint density at radius 1 is 1.29 bits per heavy atom. The Morgan fingerprint density at radius 2 is 1.95 bits per heavy atom. The molecule has 0 aliphatic carbocycles. The SMILES string of the molecule is C[C@H](N)c1ccc(OCc2ccc([N+](=O)[O-])cc2)c(F)c1. The zero-order valence-corrected chi connectivity index (χ0v) is 11.5. The highest BCUT2D eigenvalue weighted by atomic mass is 19.1. The molecular weight excluding hydrogens is 275 g/mol. The van der Waals surface area contributed by atoms with Crippen LogP contribution in [0.2, 0.25) is 0 Å². The lowest BCUT2D eigenvalue weighted by molar-refractivity contribution is -0.384. The molecule has 0 amide bonds. The third-order valence-corrected chi connectivity index (χ3v) is 3.02. The number of nitrogens with two attached hydrogens (primary N) is 1. The van der Waals surface area contributed by atoms with E-state index in [-0.39, 0.29) is 24.1 Å². The van der Waals surface area contributed by atoms with Crippen molar-refractivity contribution in [1.29, 1.82) is 0 Å². The van der Waals surface area contributed by atoms with Crippen molar-refractivity contribution in [2.24, 2.45) is 5.73 Å². The van der Waals surface area contributed by atoms with E-state index in [9.17, 15) is 14.5 Å². The Morgan fingerprint density at radius 3 is 2.48 bits per heavy atom. The lowest BCUT2D eigenvalue weighted by Crippen LogP contribution is -2.06.